The minimum atomic E-state index is -0.229. The van der Waals surface area contributed by atoms with Gasteiger partial charge in [0.05, 0.1) is 5.69 Å². The van der Waals surface area contributed by atoms with Gasteiger partial charge in [0, 0.05) is 43.2 Å². The van der Waals surface area contributed by atoms with Crippen molar-refractivity contribution in [2.45, 2.75) is 6.92 Å². The smallest absolute Gasteiger partial charge is 0.227 e. The van der Waals surface area contributed by atoms with Crippen molar-refractivity contribution in [2.75, 3.05) is 0 Å². The van der Waals surface area contributed by atoms with E-state index in [0.29, 0.717) is 5.71 Å². The number of nitrogens with zero attached hydrogens (tertiary/aromatic N) is 2. The number of hydrogen-bond acceptors (Lipinski definition) is 4. The van der Waals surface area contributed by atoms with Crippen molar-refractivity contribution < 1.29 is 8.81 Å². The predicted octanol–water partition coefficient (Wildman–Crippen LogP) is 7.37. The summed E-state index contributed by atoms with van der Waals surface area (Å²) in [4.78, 5) is 10.3. The summed E-state index contributed by atoms with van der Waals surface area (Å²) in [5.41, 5.74) is 5.17. The van der Waals surface area contributed by atoms with Gasteiger partial charge in [-0.3, -0.25) is 4.98 Å². The lowest BCUT2D eigenvalue weighted by molar-refractivity contribution is 0.628. The van der Waals surface area contributed by atoms with Crippen LogP contribution in [0.25, 0.3) is 53.9 Å². The third kappa shape index (κ3) is 2.70. The second-order valence-corrected chi connectivity index (χ2v) is 8.40. The molecule has 0 unspecified atom stereocenters. The second-order valence-electron chi connectivity index (χ2n) is 7.31. The van der Waals surface area contributed by atoms with E-state index in [1.165, 1.54) is 12.1 Å². The molecule has 0 amide bonds. The molecule has 3 nitrogen and oxygen atoms in total. The highest BCUT2D eigenvalue weighted by molar-refractivity contribution is 7.22. The molecule has 0 spiro atoms. The van der Waals surface area contributed by atoms with Crippen LogP contribution in [0.3, 0.4) is 0 Å². The van der Waals surface area contributed by atoms with Crippen LogP contribution in [0.1, 0.15) is 5.69 Å². The van der Waals surface area contributed by atoms with Crippen LogP contribution >= 0.6 is 11.3 Å². The Morgan fingerprint density at radius 3 is 2.67 bits per heavy atom. The molecular weight excluding hydrogens is 395 g/mol. The molecule has 0 saturated heterocycles. The Bertz CT molecular complexity index is 1560. The van der Waals surface area contributed by atoms with Gasteiger partial charge in [-0.05, 0) is 55.0 Å². The molecule has 6 rings (SSSR count). The number of halogens is 1. The first-order valence-corrected chi connectivity index (χ1v) is 10.4. The quantitative estimate of drug-likeness (QED) is 0.299. The van der Waals surface area contributed by atoms with Crippen LogP contribution in [-0.4, -0.2) is 9.97 Å². The fourth-order valence-corrected chi connectivity index (χ4v) is 4.89. The summed E-state index contributed by atoms with van der Waals surface area (Å²) in [6.45, 7) is 1.96. The van der Waals surface area contributed by atoms with Crippen LogP contribution in [0.4, 0.5) is 4.39 Å². The van der Waals surface area contributed by atoms with Gasteiger partial charge in [-0.15, -0.1) is 11.3 Å². The van der Waals surface area contributed by atoms with Crippen molar-refractivity contribution >= 4 is 43.5 Å². The fourth-order valence-electron chi connectivity index (χ4n) is 3.81. The molecule has 30 heavy (non-hydrogen) atoms. The molecular formula is C25H15FN2OS. The number of furan rings is 1. The van der Waals surface area contributed by atoms with Gasteiger partial charge < -0.3 is 4.42 Å². The maximum absolute atomic E-state index is 13.3. The van der Waals surface area contributed by atoms with Crippen molar-refractivity contribution in [1.29, 1.82) is 0 Å². The van der Waals surface area contributed by atoms with Crippen molar-refractivity contribution in [3.05, 3.63) is 84.4 Å². The number of para-hydroxylation sites is 1. The van der Waals surface area contributed by atoms with Gasteiger partial charge in [-0.1, -0.05) is 24.3 Å². The van der Waals surface area contributed by atoms with E-state index in [2.05, 4.69) is 29.2 Å². The van der Waals surface area contributed by atoms with Crippen LogP contribution in [-0.2, 0) is 0 Å². The Morgan fingerprint density at radius 2 is 1.80 bits per heavy atom. The van der Waals surface area contributed by atoms with Gasteiger partial charge in [0.2, 0.25) is 5.71 Å². The zero-order chi connectivity index (χ0) is 20.2. The monoisotopic (exact) mass is 410 g/mol. The van der Waals surface area contributed by atoms with Crippen LogP contribution < -0.4 is 0 Å². The number of rotatable bonds is 2. The van der Waals surface area contributed by atoms with Crippen molar-refractivity contribution in [2.24, 2.45) is 0 Å². The van der Waals surface area contributed by atoms with Gasteiger partial charge in [-0.2, -0.15) is 0 Å². The fraction of sp³-hybridized carbons (Fsp3) is 0.0400. The van der Waals surface area contributed by atoms with Gasteiger partial charge in [0.15, 0.2) is 0 Å². The molecule has 4 heterocycles. The van der Waals surface area contributed by atoms with E-state index in [-0.39, 0.29) is 5.82 Å². The predicted molar refractivity (Wildman–Crippen MR) is 120 cm³/mol. The van der Waals surface area contributed by atoms with Crippen LogP contribution in [0, 0.1) is 12.7 Å². The molecule has 0 bridgehead atoms. The van der Waals surface area contributed by atoms with Gasteiger partial charge in [0.25, 0.3) is 0 Å². The zero-order valence-corrected chi connectivity index (χ0v) is 16.8. The molecule has 0 saturated carbocycles. The first kappa shape index (κ1) is 17.3. The normalized spacial score (nSPS) is 11.7. The molecule has 6 aromatic rings. The Labute approximate surface area is 175 Å². The molecule has 4 aromatic heterocycles. The zero-order valence-electron chi connectivity index (χ0n) is 16.0. The number of aryl methyl sites for hydroxylation is 1. The third-order valence-corrected chi connectivity index (χ3v) is 6.46. The Hall–Kier alpha value is -3.57. The van der Waals surface area contributed by atoms with Crippen molar-refractivity contribution in [3.63, 3.8) is 0 Å². The number of benzene rings is 2. The molecule has 0 radical (unpaired) electrons. The van der Waals surface area contributed by atoms with E-state index in [0.717, 1.165) is 53.8 Å². The lowest BCUT2D eigenvalue weighted by Crippen LogP contribution is -1.83. The number of pyridine rings is 2. The largest absolute Gasteiger partial charge is 0.437 e. The minimum Gasteiger partial charge on any atom is -0.437 e. The standard InChI is InChI=1S/C25H15FN2OS/c1-14-5-10-19-18-3-2-4-20(24(18)29-25(19)28-14)21-12-23-16(13-27-21)11-22(30-23)15-6-8-17(26)9-7-15/h2-13H,1H3. The molecule has 0 atom stereocenters. The van der Waals surface area contributed by atoms with Gasteiger partial charge >= 0.3 is 0 Å². The molecule has 5 heteroatoms. The number of aromatic nitrogens is 2. The van der Waals surface area contributed by atoms with E-state index in [1.54, 1.807) is 23.5 Å². The second kappa shape index (κ2) is 6.47. The maximum Gasteiger partial charge on any atom is 0.227 e. The van der Waals surface area contributed by atoms with Crippen LogP contribution in [0.5, 0.6) is 0 Å². The lowest BCUT2D eigenvalue weighted by atomic mass is 10.1. The third-order valence-electron chi connectivity index (χ3n) is 5.31. The molecule has 0 N–H and O–H groups in total. The van der Waals surface area contributed by atoms with E-state index in [9.17, 15) is 4.39 Å². The maximum atomic E-state index is 13.3. The summed E-state index contributed by atoms with van der Waals surface area (Å²) in [6, 6.07) is 20.9. The van der Waals surface area contributed by atoms with Crippen LogP contribution in [0.2, 0.25) is 0 Å². The topological polar surface area (TPSA) is 38.9 Å². The molecule has 144 valence electrons. The summed E-state index contributed by atoms with van der Waals surface area (Å²) >= 11 is 1.67. The molecule has 0 aliphatic rings. The number of thiophene rings is 1. The average Bonchev–Trinajstić information content (AvgIpc) is 3.34. The SMILES string of the molecule is Cc1ccc2c(n1)oc1c(-c3cc4sc(-c5ccc(F)cc5)cc4cn3)cccc12. The van der Waals surface area contributed by atoms with E-state index < -0.39 is 0 Å². The molecule has 0 aliphatic carbocycles. The number of hydrogen-bond donors (Lipinski definition) is 0. The van der Waals surface area contributed by atoms with E-state index in [1.807, 2.05) is 31.3 Å². The van der Waals surface area contributed by atoms with Crippen molar-refractivity contribution in [3.8, 4) is 21.7 Å². The summed E-state index contributed by atoms with van der Waals surface area (Å²) in [7, 11) is 0. The first-order valence-electron chi connectivity index (χ1n) is 9.60. The molecule has 2 aromatic carbocycles. The Balaban J connectivity index is 1.51. The highest BCUT2D eigenvalue weighted by Gasteiger charge is 2.15. The summed E-state index contributed by atoms with van der Waals surface area (Å²) in [6.07, 6.45) is 1.89. The lowest BCUT2D eigenvalue weighted by Gasteiger charge is -2.02. The highest BCUT2D eigenvalue weighted by atomic mass is 32.1. The highest BCUT2D eigenvalue weighted by Crippen LogP contribution is 2.38. The first-order chi connectivity index (χ1) is 14.7. The molecule has 0 aliphatic heterocycles. The Kier molecular flexibility index (Phi) is 3.73. The van der Waals surface area contributed by atoms with Crippen LogP contribution in [0.15, 0.2) is 77.3 Å². The molecule has 0 fully saturated rings. The van der Waals surface area contributed by atoms with Gasteiger partial charge in [0.1, 0.15) is 11.4 Å². The van der Waals surface area contributed by atoms with Crippen molar-refractivity contribution in [1.82, 2.24) is 9.97 Å². The summed E-state index contributed by atoms with van der Waals surface area (Å²) in [5.74, 6) is -0.229. The average molecular weight is 410 g/mol. The minimum absolute atomic E-state index is 0.229. The van der Waals surface area contributed by atoms with E-state index >= 15 is 0 Å². The Morgan fingerprint density at radius 1 is 0.933 bits per heavy atom. The van der Waals surface area contributed by atoms with E-state index in [4.69, 9.17) is 9.40 Å². The van der Waals surface area contributed by atoms with Gasteiger partial charge in [-0.25, -0.2) is 9.37 Å². The summed E-state index contributed by atoms with van der Waals surface area (Å²) in [5, 5.41) is 3.11. The number of fused-ring (bicyclic) bond motifs is 4. The summed E-state index contributed by atoms with van der Waals surface area (Å²) < 4.78 is 20.5.